The van der Waals surface area contributed by atoms with Gasteiger partial charge < -0.3 is 10.4 Å². The van der Waals surface area contributed by atoms with Gasteiger partial charge in [0.1, 0.15) is 0 Å². The number of anilines is 1. The van der Waals surface area contributed by atoms with Crippen molar-refractivity contribution < 1.29 is 14.7 Å². The molecule has 0 heterocycles. The van der Waals surface area contributed by atoms with E-state index >= 15 is 0 Å². The molecule has 0 bridgehead atoms. The third-order valence-corrected chi connectivity index (χ3v) is 2.33. The Labute approximate surface area is 94.3 Å². The van der Waals surface area contributed by atoms with Gasteiger partial charge in [-0.25, -0.2) is 4.79 Å². The van der Waals surface area contributed by atoms with Gasteiger partial charge in [0.15, 0.2) is 0 Å². The fraction of sp³-hybridized carbons (Fsp3) is 0.333. The second kappa shape index (κ2) is 4.79. The highest BCUT2D eigenvalue weighted by atomic mass is 16.4. The van der Waals surface area contributed by atoms with Gasteiger partial charge in [-0.2, -0.15) is 0 Å². The number of carboxylic acid groups (broad SMARTS) is 1. The maximum absolute atomic E-state index is 11.0. The second-order valence-electron chi connectivity index (χ2n) is 3.67. The van der Waals surface area contributed by atoms with Crippen LogP contribution in [0.2, 0.25) is 0 Å². The van der Waals surface area contributed by atoms with E-state index in [2.05, 4.69) is 5.32 Å². The monoisotopic (exact) mass is 221 g/mol. The quantitative estimate of drug-likeness (QED) is 0.822. The van der Waals surface area contributed by atoms with Crippen LogP contribution >= 0.6 is 0 Å². The molecule has 0 saturated heterocycles. The zero-order valence-electron chi connectivity index (χ0n) is 9.63. The first-order valence-electron chi connectivity index (χ1n) is 5.10. The van der Waals surface area contributed by atoms with Crippen LogP contribution in [0.15, 0.2) is 12.1 Å². The number of carbonyl (C=O) groups excluding carboxylic acids is 1. The molecule has 0 fully saturated rings. The van der Waals surface area contributed by atoms with Crippen molar-refractivity contribution in [2.45, 2.75) is 27.2 Å². The number of nitrogens with one attached hydrogen (secondary N) is 1. The second-order valence-corrected chi connectivity index (χ2v) is 3.67. The summed E-state index contributed by atoms with van der Waals surface area (Å²) in [7, 11) is 0. The summed E-state index contributed by atoms with van der Waals surface area (Å²) in [6.07, 6.45) is 0.621. The van der Waals surface area contributed by atoms with Crippen LogP contribution in [-0.2, 0) is 11.2 Å². The van der Waals surface area contributed by atoms with Gasteiger partial charge in [-0.1, -0.05) is 6.92 Å². The number of aryl methyl sites for hydroxylation is 2. The zero-order chi connectivity index (χ0) is 12.3. The fourth-order valence-electron chi connectivity index (χ4n) is 1.72. The number of carbonyl (C=O) groups is 2. The summed E-state index contributed by atoms with van der Waals surface area (Å²) in [5, 5.41) is 11.7. The van der Waals surface area contributed by atoms with Crippen LogP contribution < -0.4 is 5.32 Å². The van der Waals surface area contributed by atoms with Crippen molar-refractivity contribution in [3.8, 4) is 0 Å². The van der Waals surface area contributed by atoms with Crippen molar-refractivity contribution in [2.75, 3.05) is 5.32 Å². The van der Waals surface area contributed by atoms with Crippen molar-refractivity contribution in [3.05, 3.63) is 28.8 Å². The third-order valence-electron chi connectivity index (χ3n) is 2.33. The highest BCUT2D eigenvalue weighted by molar-refractivity contribution is 5.94. The Bertz CT molecular complexity index is 438. The Hall–Kier alpha value is -1.84. The molecule has 0 radical (unpaired) electrons. The Morgan fingerprint density at radius 1 is 1.38 bits per heavy atom. The molecule has 0 aromatic heterocycles. The molecule has 0 aliphatic carbocycles. The number of hydrogen-bond donors (Lipinski definition) is 2. The number of rotatable bonds is 3. The van der Waals surface area contributed by atoms with Crippen molar-refractivity contribution in [3.63, 3.8) is 0 Å². The molecule has 1 aromatic rings. The minimum absolute atomic E-state index is 0.162. The summed E-state index contributed by atoms with van der Waals surface area (Å²) >= 11 is 0. The van der Waals surface area contributed by atoms with Crippen LogP contribution in [0, 0.1) is 6.92 Å². The molecular formula is C12H15NO3. The molecule has 86 valence electrons. The molecule has 0 saturated carbocycles. The van der Waals surface area contributed by atoms with E-state index in [1.807, 2.05) is 6.92 Å². The first-order chi connectivity index (χ1) is 7.45. The van der Waals surface area contributed by atoms with Crippen LogP contribution in [0.3, 0.4) is 0 Å². The van der Waals surface area contributed by atoms with Gasteiger partial charge >= 0.3 is 5.97 Å². The van der Waals surface area contributed by atoms with Gasteiger partial charge in [0.05, 0.1) is 5.56 Å². The topological polar surface area (TPSA) is 66.4 Å². The van der Waals surface area contributed by atoms with Gasteiger partial charge in [0.2, 0.25) is 5.91 Å². The van der Waals surface area contributed by atoms with Crippen molar-refractivity contribution >= 4 is 17.6 Å². The third kappa shape index (κ3) is 2.59. The molecule has 4 heteroatoms. The maximum Gasteiger partial charge on any atom is 0.336 e. The predicted molar refractivity (Wildman–Crippen MR) is 61.8 cm³/mol. The van der Waals surface area contributed by atoms with Crippen molar-refractivity contribution in [1.29, 1.82) is 0 Å². The number of carboxylic acids is 1. The largest absolute Gasteiger partial charge is 0.478 e. The standard InChI is InChI=1S/C12H15NO3/c1-4-9-6-10(13-8(3)14)5-7(2)11(9)12(15)16/h5-6H,4H2,1-3H3,(H,13,14)(H,15,16). The lowest BCUT2D eigenvalue weighted by molar-refractivity contribution is -0.114. The molecule has 0 aliphatic heterocycles. The van der Waals surface area contributed by atoms with E-state index in [0.29, 0.717) is 23.2 Å². The number of amides is 1. The first-order valence-corrected chi connectivity index (χ1v) is 5.10. The van der Waals surface area contributed by atoms with Crippen LogP contribution in [0.25, 0.3) is 0 Å². The van der Waals surface area contributed by atoms with Crippen LogP contribution in [-0.4, -0.2) is 17.0 Å². The number of benzene rings is 1. The lowest BCUT2D eigenvalue weighted by Crippen LogP contribution is -2.10. The van der Waals surface area contributed by atoms with E-state index in [9.17, 15) is 9.59 Å². The summed E-state index contributed by atoms with van der Waals surface area (Å²) < 4.78 is 0. The Morgan fingerprint density at radius 2 is 2.00 bits per heavy atom. The number of aromatic carboxylic acids is 1. The van der Waals surface area contributed by atoms with Crippen molar-refractivity contribution in [2.24, 2.45) is 0 Å². The summed E-state index contributed by atoms with van der Waals surface area (Å²) in [4.78, 5) is 22.0. The maximum atomic E-state index is 11.0. The van der Waals surface area contributed by atoms with E-state index in [4.69, 9.17) is 5.11 Å². The minimum Gasteiger partial charge on any atom is -0.478 e. The average molecular weight is 221 g/mol. The van der Waals surface area contributed by atoms with Gasteiger partial charge in [0.25, 0.3) is 0 Å². The van der Waals surface area contributed by atoms with Gasteiger partial charge in [-0.3, -0.25) is 4.79 Å². The molecule has 0 atom stereocenters. The average Bonchev–Trinajstić information content (AvgIpc) is 2.14. The summed E-state index contributed by atoms with van der Waals surface area (Å²) in [5.41, 5.74) is 2.37. The SMILES string of the molecule is CCc1cc(NC(C)=O)cc(C)c1C(=O)O. The molecule has 1 rings (SSSR count). The summed E-state index contributed by atoms with van der Waals surface area (Å²) in [6, 6.07) is 3.38. The molecule has 4 nitrogen and oxygen atoms in total. The van der Waals surface area contributed by atoms with Gasteiger partial charge in [-0.05, 0) is 36.6 Å². The highest BCUT2D eigenvalue weighted by Gasteiger charge is 2.13. The fourth-order valence-corrected chi connectivity index (χ4v) is 1.72. The molecule has 2 N–H and O–H groups in total. The first kappa shape index (κ1) is 12.2. The number of hydrogen-bond acceptors (Lipinski definition) is 2. The Morgan fingerprint density at radius 3 is 2.44 bits per heavy atom. The molecule has 16 heavy (non-hydrogen) atoms. The molecule has 1 aromatic carbocycles. The zero-order valence-corrected chi connectivity index (χ0v) is 9.63. The van der Waals surface area contributed by atoms with Gasteiger partial charge in [0, 0.05) is 12.6 Å². The van der Waals surface area contributed by atoms with Crippen LogP contribution in [0.4, 0.5) is 5.69 Å². The predicted octanol–water partition coefficient (Wildman–Crippen LogP) is 2.21. The van der Waals surface area contributed by atoms with Crippen molar-refractivity contribution in [1.82, 2.24) is 0 Å². The Balaban J connectivity index is 3.26. The van der Waals surface area contributed by atoms with Crippen LogP contribution in [0.5, 0.6) is 0 Å². The lowest BCUT2D eigenvalue weighted by Gasteiger charge is -2.11. The Kier molecular flexibility index (Phi) is 3.66. The minimum atomic E-state index is -0.927. The van der Waals surface area contributed by atoms with Gasteiger partial charge in [-0.15, -0.1) is 0 Å². The molecule has 0 aliphatic rings. The molecular weight excluding hydrogens is 206 g/mol. The summed E-state index contributed by atoms with van der Waals surface area (Å²) in [6.45, 7) is 5.04. The van der Waals surface area contributed by atoms with E-state index < -0.39 is 5.97 Å². The van der Waals surface area contributed by atoms with E-state index in [1.165, 1.54) is 6.92 Å². The molecule has 1 amide bonds. The van der Waals surface area contributed by atoms with E-state index in [0.717, 1.165) is 5.56 Å². The van der Waals surface area contributed by atoms with E-state index in [-0.39, 0.29) is 5.91 Å². The normalized spacial score (nSPS) is 9.94. The highest BCUT2D eigenvalue weighted by Crippen LogP contribution is 2.21. The molecule has 0 unspecified atom stereocenters. The lowest BCUT2D eigenvalue weighted by atomic mass is 9.99. The molecule has 0 spiro atoms. The van der Waals surface area contributed by atoms with Crippen LogP contribution in [0.1, 0.15) is 35.3 Å². The van der Waals surface area contributed by atoms with E-state index in [1.54, 1.807) is 19.1 Å². The summed E-state index contributed by atoms with van der Waals surface area (Å²) in [5.74, 6) is -1.09. The smallest absolute Gasteiger partial charge is 0.336 e.